The average Bonchev–Trinajstić information content (AvgIpc) is 2.90. The van der Waals surface area contributed by atoms with Gasteiger partial charge < -0.3 is 21.2 Å². The van der Waals surface area contributed by atoms with Crippen LogP contribution in [0.2, 0.25) is 5.02 Å². The molecule has 142 valence electrons. The van der Waals surface area contributed by atoms with Gasteiger partial charge in [0.15, 0.2) is 5.76 Å². The van der Waals surface area contributed by atoms with Crippen molar-refractivity contribution in [3.8, 4) is 0 Å². The van der Waals surface area contributed by atoms with Gasteiger partial charge in [-0.1, -0.05) is 25.4 Å². The number of hydrogen-bond donors (Lipinski definition) is 3. The van der Waals surface area contributed by atoms with E-state index < -0.39 is 5.91 Å². The van der Waals surface area contributed by atoms with Crippen molar-refractivity contribution < 1.29 is 9.21 Å². The van der Waals surface area contributed by atoms with Crippen LogP contribution in [0.1, 0.15) is 47.7 Å². The molecular formula is C18H21ClN6O2. The zero-order valence-corrected chi connectivity index (χ0v) is 16.1. The molecule has 3 rings (SSSR count). The number of nitrogens with zero attached hydrogens (tertiary/aromatic N) is 3. The highest BCUT2D eigenvalue weighted by molar-refractivity contribution is 6.30. The van der Waals surface area contributed by atoms with Crippen LogP contribution < -0.4 is 16.8 Å². The number of nitrogens with two attached hydrogens (primary N) is 2. The minimum atomic E-state index is -0.393. The first-order valence-electron chi connectivity index (χ1n) is 8.37. The zero-order chi connectivity index (χ0) is 19.8. The minimum Gasteiger partial charge on any atom is -0.455 e. The van der Waals surface area contributed by atoms with Gasteiger partial charge in [-0.3, -0.25) is 4.79 Å². The maximum absolute atomic E-state index is 12.7. The number of guanidine groups is 1. The summed E-state index contributed by atoms with van der Waals surface area (Å²) in [5.74, 6) is 0.776. The summed E-state index contributed by atoms with van der Waals surface area (Å²) < 4.78 is 5.91. The van der Waals surface area contributed by atoms with Gasteiger partial charge in [0, 0.05) is 23.7 Å². The van der Waals surface area contributed by atoms with Crippen LogP contribution >= 0.6 is 11.6 Å². The summed E-state index contributed by atoms with van der Waals surface area (Å²) in [5.41, 5.74) is 12.9. The Labute approximate surface area is 161 Å². The van der Waals surface area contributed by atoms with Crippen molar-refractivity contribution in [3.05, 3.63) is 46.0 Å². The smallest absolute Gasteiger partial charge is 0.292 e. The van der Waals surface area contributed by atoms with Crippen LogP contribution in [0.4, 0.5) is 5.82 Å². The summed E-state index contributed by atoms with van der Waals surface area (Å²) >= 11 is 5.82. The van der Waals surface area contributed by atoms with E-state index in [2.05, 4.69) is 34.4 Å². The highest BCUT2D eigenvalue weighted by atomic mass is 35.5. The van der Waals surface area contributed by atoms with Crippen LogP contribution in [0.15, 0.2) is 32.9 Å². The lowest BCUT2D eigenvalue weighted by Crippen LogP contribution is -2.27. The summed E-state index contributed by atoms with van der Waals surface area (Å²) in [7, 11) is 0. The van der Waals surface area contributed by atoms with Crippen molar-refractivity contribution >= 4 is 35.0 Å². The van der Waals surface area contributed by atoms with Crippen LogP contribution in [0.25, 0.3) is 0 Å². The van der Waals surface area contributed by atoms with Crippen molar-refractivity contribution in [1.82, 2.24) is 4.98 Å². The lowest BCUT2D eigenvalue weighted by molar-refractivity contribution is 0.0992. The molecule has 0 aromatic carbocycles. The first-order chi connectivity index (χ1) is 12.7. The van der Waals surface area contributed by atoms with Crippen LogP contribution in [0.3, 0.4) is 0 Å². The largest absolute Gasteiger partial charge is 0.455 e. The molecule has 0 radical (unpaired) electrons. The quantitative estimate of drug-likeness (QED) is 0.422. The van der Waals surface area contributed by atoms with Gasteiger partial charge in [-0.2, -0.15) is 5.10 Å². The number of halogens is 1. The molecule has 0 spiro atoms. The van der Waals surface area contributed by atoms with Crippen LogP contribution in [-0.4, -0.2) is 22.6 Å². The van der Waals surface area contributed by atoms with Crippen molar-refractivity contribution in [2.24, 2.45) is 27.1 Å². The van der Waals surface area contributed by atoms with Crippen molar-refractivity contribution in [3.63, 3.8) is 0 Å². The lowest BCUT2D eigenvalue weighted by atomic mass is 9.75. The molecule has 0 fully saturated rings. The Bertz CT molecular complexity index is 940. The predicted octanol–water partition coefficient (Wildman–Crippen LogP) is 2.84. The standard InChI is InChI=1S/C18H21ClN6O2/c1-9-14-11(24-25-17(20)21)6-18(2,3)7-12(14)27-15(9)16(26)23-13-5-4-10(19)8-22-13/h4-5,8H,6-7H2,1-3H3,(H4,20,21,25)(H,22,23,26)/b24-11-. The number of furan rings is 1. The summed E-state index contributed by atoms with van der Waals surface area (Å²) in [6.45, 7) is 6.00. The third kappa shape index (κ3) is 4.11. The molecule has 1 aliphatic rings. The van der Waals surface area contributed by atoms with Gasteiger partial charge in [-0.05, 0) is 30.9 Å². The van der Waals surface area contributed by atoms with Gasteiger partial charge in [0.1, 0.15) is 11.6 Å². The molecule has 2 aromatic heterocycles. The molecule has 0 bridgehead atoms. The number of carbonyl (C=O) groups is 1. The summed E-state index contributed by atoms with van der Waals surface area (Å²) in [6, 6.07) is 3.26. The van der Waals surface area contributed by atoms with E-state index in [9.17, 15) is 4.79 Å². The highest BCUT2D eigenvalue weighted by Gasteiger charge is 2.36. The molecule has 27 heavy (non-hydrogen) atoms. The summed E-state index contributed by atoms with van der Waals surface area (Å²) in [5, 5.41) is 11.2. The van der Waals surface area contributed by atoms with E-state index in [-0.39, 0.29) is 17.1 Å². The maximum atomic E-state index is 12.7. The number of anilines is 1. The number of hydrogen-bond acceptors (Lipinski definition) is 5. The highest BCUT2D eigenvalue weighted by Crippen LogP contribution is 2.39. The Morgan fingerprint density at radius 2 is 2.07 bits per heavy atom. The van der Waals surface area contributed by atoms with Crippen molar-refractivity contribution in [2.75, 3.05) is 5.32 Å². The van der Waals surface area contributed by atoms with Gasteiger partial charge in [0.25, 0.3) is 5.91 Å². The first kappa shape index (κ1) is 18.9. The zero-order valence-electron chi connectivity index (χ0n) is 15.3. The molecule has 0 aliphatic heterocycles. The van der Waals surface area contributed by atoms with Gasteiger partial charge in [0.05, 0.1) is 10.7 Å². The van der Waals surface area contributed by atoms with Crippen LogP contribution in [0.5, 0.6) is 0 Å². The Morgan fingerprint density at radius 3 is 2.70 bits per heavy atom. The second kappa shape index (κ2) is 7.03. The molecule has 5 N–H and O–H groups in total. The number of nitrogens with one attached hydrogen (secondary N) is 1. The second-order valence-corrected chi connectivity index (χ2v) is 7.70. The number of rotatable bonds is 3. The molecule has 1 aliphatic carbocycles. The number of aromatic nitrogens is 1. The van der Waals surface area contributed by atoms with Gasteiger partial charge >= 0.3 is 0 Å². The first-order valence-corrected chi connectivity index (χ1v) is 8.75. The van der Waals surface area contributed by atoms with E-state index in [1.165, 1.54) is 6.20 Å². The van der Waals surface area contributed by atoms with Crippen LogP contribution in [0, 0.1) is 12.3 Å². The number of fused-ring (bicyclic) bond motifs is 1. The second-order valence-electron chi connectivity index (χ2n) is 7.26. The fourth-order valence-electron chi connectivity index (χ4n) is 3.16. The third-order valence-electron chi connectivity index (χ3n) is 4.25. The topological polar surface area (TPSA) is 132 Å². The summed E-state index contributed by atoms with van der Waals surface area (Å²) in [6.07, 6.45) is 2.80. The van der Waals surface area contributed by atoms with Crippen molar-refractivity contribution in [2.45, 2.75) is 33.6 Å². The Kier molecular flexibility index (Phi) is 4.93. The molecule has 2 aromatic rings. The van der Waals surface area contributed by atoms with E-state index in [1.807, 2.05) is 6.92 Å². The number of amides is 1. The SMILES string of the molecule is Cc1c(C(=O)Nc2ccc(Cl)cn2)oc2c1/C(=N\N=C(N)N)CC(C)(C)C2. The van der Waals surface area contributed by atoms with Crippen molar-refractivity contribution in [1.29, 1.82) is 0 Å². The average molecular weight is 389 g/mol. The van der Waals surface area contributed by atoms with E-state index >= 15 is 0 Å². The van der Waals surface area contributed by atoms with Gasteiger partial charge in [-0.25, -0.2) is 4.98 Å². The molecule has 1 amide bonds. The Balaban J connectivity index is 1.98. The molecule has 0 saturated carbocycles. The monoisotopic (exact) mass is 388 g/mol. The molecule has 0 saturated heterocycles. The predicted molar refractivity (Wildman–Crippen MR) is 105 cm³/mol. The van der Waals surface area contributed by atoms with E-state index in [1.54, 1.807) is 12.1 Å². The maximum Gasteiger partial charge on any atom is 0.292 e. The van der Waals surface area contributed by atoms with E-state index in [0.717, 1.165) is 5.56 Å². The lowest BCUT2D eigenvalue weighted by Gasteiger charge is -2.29. The molecule has 0 atom stereocenters. The molecule has 8 nitrogen and oxygen atoms in total. The van der Waals surface area contributed by atoms with E-state index in [0.29, 0.717) is 40.7 Å². The Morgan fingerprint density at radius 1 is 1.33 bits per heavy atom. The molecule has 2 heterocycles. The molecular weight excluding hydrogens is 368 g/mol. The fraction of sp³-hybridized carbons (Fsp3) is 0.333. The molecule has 0 unspecified atom stereocenters. The molecule has 9 heteroatoms. The minimum absolute atomic E-state index is 0.0967. The summed E-state index contributed by atoms with van der Waals surface area (Å²) in [4.78, 5) is 16.8. The number of pyridine rings is 1. The van der Waals surface area contributed by atoms with Gasteiger partial charge in [0.2, 0.25) is 5.96 Å². The normalized spacial score (nSPS) is 16.7. The number of carbonyl (C=O) groups excluding carboxylic acids is 1. The van der Waals surface area contributed by atoms with Gasteiger partial charge in [-0.15, -0.1) is 5.10 Å². The third-order valence-corrected chi connectivity index (χ3v) is 4.48. The van der Waals surface area contributed by atoms with E-state index in [4.69, 9.17) is 27.5 Å². The fourth-order valence-corrected chi connectivity index (χ4v) is 3.27. The Hall–Kier alpha value is -2.87. The van der Waals surface area contributed by atoms with Crippen LogP contribution in [-0.2, 0) is 6.42 Å².